The molecular weight excluding hydrogens is 335 g/mol. The fourth-order valence-electron chi connectivity index (χ4n) is 2.28. The van der Waals surface area contributed by atoms with Gasteiger partial charge in [0, 0.05) is 37.1 Å². The molecule has 6 heteroatoms. The van der Waals surface area contributed by atoms with Crippen LogP contribution in [-0.4, -0.2) is 30.7 Å². The van der Waals surface area contributed by atoms with E-state index < -0.39 is 5.82 Å². The molecule has 0 spiro atoms. The van der Waals surface area contributed by atoms with Crippen LogP contribution in [0.15, 0.2) is 48.5 Å². The summed E-state index contributed by atoms with van der Waals surface area (Å²) in [6.07, 6.45) is 0.232. The van der Waals surface area contributed by atoms with Crippen LogP contribution in [0.1, 0.15) is 39.1 Å². The van der Waals surface area contributed by atoms with Gasteiger partial charge in [0.25, 0.3) is 5.91 Å². The number of halogens is 1. The van der Waals surface area contributed by atoms with Crippen LogP contribution < -0.4 is 10.6 Å². The molecule has 26 heavy (non-hydrogen) atoms. The van der Waals surface area contributed by atoms with Gasteiger partial charge in [-0.25, -0.2) is 4.39 Å². The maximum Gasteiger partial charge on any atom is 0.251 e. The van der Waals surface area contributed by atoms with Crippen LogP contribution in [0.2, 0.25) is 0 Å². The summed E-state index contributed by atoms with van der Waals surface area (Å²) in [6.45, 7) is 2.44. The summed E-state index contributed by atoms with van der Waals surface area (Å²) in [7, 11) is 0. The largest absolute Gasteiger partial charge is 0.354 e. The van der Waals surface area contributed by atoms with Gasteiger partial charge in [0.15, 0.2) is 5.78 Å². The molecular formula is C20H21FN2O3. The third kappa shape index (κ3) is 6.12. The lowest BCUT2D eigenvalue weighted by Gasteiger charge is -2.07. The molecule has 2 N–H and O–H groups in total. The van der Waals surface area contributed by atoms with Crippen molar-refractivity contribution in [2.75, 3.05) is 13.1 Å². The van der Waals surface area contributed by atoms with Crippen LogP contribution in [0.5, 0.6) is 0 Å². The van der Waals surface area contributed by atoms with Crippen LogP contribution in [0.25, 0.3) is 0 Å². The first-order chi connectivity index (χ1) is 12.5. The normalized spacial score (nSPS) is 10.2. The minimum Gasteiger partial charge on any atom is -0.354 e. The number of rotatable bonds is 8. The molecule has 0 bridgehead atoms. The predicted molar refractivity (Wildman–Crippen MR) is 96.5 cm³/mol. The van der Waals surface area contributed by atoms with Gasteiger partial charge in [0.1, 0.15) is 5.82 Å². The molecule has 0 aliphatic rings. The van der Waals surface area contributed by atoms with Crippen molar-refractivity contribution in [1.82, 2.24) is 10.6 Å². The Morgan fingerprint density at radius 3 is 2.04 bits per heavy atom. The van der Waals surface area contributed by atoms with Crippen molar-refractivity contribution in [3.05, 3.63) is 71.0 Å². The van der Waals surface area contributed by atoms with Gasteiger partial charge in [-0.3, -0.25) is 14.4 Å². The second kappa shape index (κ2) is 9.46. The molecule has 2 amide bonds. The number of aryl methyl sites for hydroxylation is 1. The summed E-state index contributed by atoms with van der Waals surface area (Å²) in [5, 5.41) is 5.28. The van der Waals surface area contributed by atoms with Gasteiger partial charge in [-0.15, -0.1) is 0 Å². The van der Waals surface area contributed by atoms with E-state index in [-0.39, 0.29) is 43.5 Å². The zero-order valence-electron chi connectivity index (χ0n) is 14.5. The molecule has 5 nitrogen and oxygen atoms in total. The van der Waals surface area contributed by atoms with E-state index in [2.05, 4.69) is 10.6 Å². The maximum atomic E-state index is 12.8. The van der Waals surface area contributed by atoms with E-state index in [1.54, 1.807) is 12.1 Å². The van der Waals surface area contributed by atoms with Crippen molar-refractivity contribution in [2.45, 2.75) is 19.8 Å². The Balaban J connectivity index is 1.64. The number of carbonyl (C=O) groups is 3. The second-order valence-corrected chi connectivity index (χ2v) is 5.90. The molecule has 0 heterocycles. The number of benzene rings is 2. The standard InChI is InChI=1S/C20H21FN2O3/c1-14-2-4-15(5-3-14)18(24)10-11-19(25)22-12-13-23-20(26)16-6-8-17(21)9-7-16/h2-9H,10-13H2,1H3,(H,22,25)(H,23,26). The molecule has 0 fully saturated rings. The van der Waals surface area contributed by atoms with Gasteiger partial charge in [-0.1, -0.05) is 29.8 Å². The molecule has 0 aliphatic carbocycles. The summed E-state index contributed by atoms with van der Waals surface area (Å²) in [4.78, 5) is 35.6. The molecule has 0 saturated heterocycles. The van der Waals surface area contributed by atoms with Crippen LogP contribution in [0.4, 0.5) is 4.39 Å². The van der Waals surface area contributed by atoms with E-state index in [0.717, 1.165) is 5.56 Å². The number of ketones is 1. The Labute approximate surface area is 151 Å². The van der Waals surface area contributed by atoms with Crippen LogP contribution in [0, 0.1) is 12.7 Å². The van der Waals surface area contributed by atoms with Crippen LogP contribution >= 0.6 is 0 Å². The van der Waals surface area contributed by atoms with Gasteiger partial charge < -0.3 is 10.6 Å². The van der Waals surface area contributed by atoms with Gasteiger partial charge in [0.05, 0.1) is 0 Å². The smallest absolute Gasteiger partial charge is 0.251 e. The fraction of sp³-hybridized carbons (Fsp3) is 0.250. The SMILES string of the molecule is Cc1ccc(C(=O)CCC(=O)NCCNC(=O)c2ccc(F)cc2)cc1. The number of Topliss-reactive ketones (excluding diaryl/α,β-unsaturated/α-hetero) is 1. The van der Waals surface area contributed by atoms with E-state index >= 15 is 0 Å². The lowest BCUT2D eigenvalue weighted by atomic mass is 10.1. The lowest BCUT2D eigenvalue weighted by Crippen LogP contribution is -2.34. The Kier molecular flexibility index (Phi) is 7.02. The summed E-state index contributed by atoms with van der Waals surface area (Å²) in [5.74, 6) is -1.07. The minimum absolute atomic E-state index is 0.0789. The number of hydrogen-bond donors (Lipinski definition) is 2. The number of carbonyl (C=O) groups excluding carboxylic acids is 3. The minimum atomic E-state index is -0.408. The zero-order valence-corrected chi connectivity index (χ0v) is 14.5. The highest BCUT2D eigenvalue weighted by Gasteiger charge is 2.09. The second-order valence-electron chi connectivity index (χ2n) is 5.90. The Hall–Kier alpha value is -3.02. The molecule has 2 aromatic rings. The van der Waals surface area contributed by atoms with E-state index in [9.17, 15) is 18.8 Å². The zero-order chi connectivity index (χ0) is 18.9. The van der Waals surface area contributed by atoms with Crippen molar-refractivity contribution in [1.29, 1.82) is 0 Å². The number of amides is 2. The summed E-state index contributed by atoms with van der Waals surface area (Å²) in [6, 6.07) is 12.4. The first kappa shape index (κ1) is 19.3. The average Bonchev–Trinajstić information content (AvgIpc) is 2.64. The maximum absolute atomic E-state index is 12.8. The van der Waals surface area contributed by atoms with Crippen molar-refractivity contribution >= 4 is 17.6 Å². The molecule has 0 aliphatic heterocycles. The average molecular weight is 356 g/mol. The predicted octanol–water partition coefficient (Wildman–Crippen LogP) is 2.64. The monoisotopic (exact) mass is 356 g/mol. The van der Waals surface area contributed by atoms with Gasteiger partial charge in [0.2, 0.25) is 5.91 Å². The van der Waals surface area contributed by atoms with Crippen LogP contribution in [-0.2, 0) is 4.79 Å². The highest BCUT2D eigenvalue weighted by Crippen LogP contribution is 2.07. The first-order valence-electron chi connectivity index (χ1n) is 8.36. The van der Waals surface area contributed by atoms with Crippen molar-refractivity contribution in [3.63, 3.8) is 0 Å². The quantitative estimate of drug-likeness (QED) is 0.564. The third-order valence-corrected chi connectivity index (χ3v) is 3.79. The summed E-state index contributed by atoms with van der Waals surface area (Å²) >= 11 is 0. The lowest BCUT2D eigenvalue weighted by molar-refractivity contribution is -0.121. The molecule has 0 atom stereocenters. The Bertz CT molecular complexity index is 771. The van der Waals surface area contributed by atoms with Crippen molar-refractivity contribution < 1.29 is 18.8 Å². The molecule has 2 aromatic carbocycles. The van der Waals surface area contributed by atoms with Gasteiger partial charge >= 0.3 is 0 Å². The molecule has 136 valence electrons. The van der Waals surface area contributed by atoms with Crippen molar-refractivity contribution in [3.8, 4) is 0 Å². The van der Waals surface area contributed by atoms with Crippen molar-refractivity contribution in [2.24, 2.45) is 0 Å². The number of nitrogens with one attached hydrogen (secondary N) is 2. The third-order valence-electron chi connectivity index (χ3n) is 3.79. The van der Waals surface area contributed by atoms with E-state index in [4.69, 9.17) is 0 Å². The highest BCUT2D eigenvalue weighted by atomic mass is 19.1. The summed E-state index contributed by atoms with van der Waals surface area (Å²) in [5.41, 5.74) is 2.01. The fourth-order valence-corrected chi connectivity index (χ4v) is 2.28. The Morgan fingerprint density at radius 1 is 0.808 bits per heavy atom. The molecule has 0 unspecified atom stereocenters. The van der Waals surface area contributed by atoms with E-state index in [1.165, 1.54) is 24.3 Å². The molecule has 0 radical (unpaired) electrons. The van der Waals surface area contributed by atoms with Gasteiger partial charge in [-0.05, 0) is 31.2 Å². The summed E-state index contributed by atoms with van der Waals surface area (Å²) < 4.78 is 12.8. The van der Waals surface area contributed by atoms with Gasteiger partial charge in [-0.2, -0.15) is 0 Å². The molecule has 0 saturated carbocycles. The Morgan fingerprint density at radius 2 is 1.38 bits per heavy atom. The molecule has 0 aromatic heterocycles. The highest BCUT2D eigenvalue weighted by molar-refractivity contribution is 5.98. The van der Waals surface area contributed by atoms with E-state index in [1.807, 2.05) is 19.1 Å². The molecule has 2 rings (SSSR count). The van der Waals surface area contributed by atoms with E-state index in [0.29, 0.717) is 11.1 Å². The first-order valence-corrected chi connectivity index (χ1v) is 8.36. The number of hydrogen-bond acceptors (Lipinski definition) is 3. The van der Waals surface area contributed by atoms with Crippen LogP contribution in [0.3, 0.4) is 0 Å². The topological polar surface area (TPSA) is 75.3 Å².